The fourth-order valence-electron chi connectivity index (χ4n) is 2.17. The molecule has 0 radical (unpaired) electrons. The van der Waals surface area contributed by atoms with Gasteiger partial charge in [0, 0.05) is 18.0 Å². The van der Waals surface area contributed by atoms with Crippen LogP contribution in [0.3, 0.4) is 0 Å². The second-order valence-corrected chi connectivity index (χ2v) is 8.40. The second kappa shape index (κ2) is 5.10. The SMILES string of the molecule is Cc1sc(C(=O)O)cc1S(=O)(=O)N1CCC(C)(O)CC1. The largest absolute Gasteiger partial charge is 0.477 e. The zero-order valence-electron chi connectivity index (χ0n) is 11.3. The topological polar surface area (TPSA) is 94.9 Å². The molecule has 6 nitrogen and oxygen atoms in total. The van der Waals surface area contributed by atoms with E-state index < -0.39 is 21.6 Å². The van der Waals surface area contributed by atoms with Crippen LogP contribution in [0.4, 0.5) is 0 Å². The van der Waals surface area contributed by atoms with Crippen LogP contribution in [0.5, 0.6) is 0 Å². The van der Waals surface area contributed by atoms with E-state index in [0.29, 0.717) is 17.7 Å². The Morgan fingerprint density at radius 3 is 2.40 bits per heavy atom. The quantitative estimate of drug-likeness (QED) is 0.875. The summed E-state index contributed by atoms with van der Waals surface area (Å²) in [5.41, 5.74) is -0.831. The van der Waals surface area contributed by atoms with E-state index >= 15 is 0 Å². The number of aryl methyl sites for hydroxylation is 1. The Kier molecular flexibility index (Phi) is 3.94. The Hall–Kier alpha value is -0.960. The first-order valence-corrected chi connectivity index (χ1v) is 8.45. The number of hydrogen-bond acceptors (Lipinski definition) is 5. The first-order chi connectivity index (χ1) is 9.13. The van der Waals surface area contributed by atoms with Gasteiger partial charge in [0.2, 0.25) is 10.0 Å². The zero-order valence-corrected chi connectivity index (χ0v) is 12.9. The Morgan fingerprint density at radius 2 is 1.95 bits per heavy atom. The van der Waals surface area contributed by atoms with Crippen LogP contribution in [0.25, 0.3) is 0 Å². The van der Waals surface area contributed by atoms with Crippen molar-refractivity contribution in [3.63, 3.8) is 0 Å². The summed E-state index contributed by atoms with van der Waals surface area (Å²) in [7, 11) is -3.69. The molecule has 2 rings (SSSR count). The number of thiophene rings is 1. The summed E-state index contributed by atoms with van der Waals surface area (Å²) < 4.78 is 26.3. The van der Waals surface area contributed by atoms with Crippen LogP contribution in [0.2, 0.25) is 0 Å². The summed E-state index contributed by atoms with van der Waals surface area (Å²) in [4.78, 5) is 11.5. The second-order valence-electron chi connectivity index (χ2n) is 5.24. The van der Waals surface area contributed by atoms with E-state index in [-0.39, 0.29) is 22.9 Å². The van der Waals surface area contributed by atoms with Crippen molar-refractivity contribution in [3.05, 3.63) is 15.8 Å². The molecule has 2 heterocycles. The lowest BCUT2D eigenvalue weighted by molar-refractivity contribution is 0.0126. The number of aliphatic hydroxyl groups is 1. The third kappa shape index (κ3) is 2.88. The van der Waals surface area contributed by atoms with Crippen molar-refractivity contribution in [2.45, 2.75) is 37.2 Å². The molecule has 1 aromatic heterocycles. The number of nitrogens with zero attached hydrogens (tertiary/aromatic N) is 1. The maximum Gasteiger partial charge on any atom is 0.345 e. The van der Waals surface area contributed by atoms with Gasteiger partial charge in [-0.15, -0.1) is 11.3 Å². The lowest BCUT2D eigenvalue weighted by Gasteiger charge is -2.34. The van der Waals surface area contributed by atoms with Crippen molar-refractivity contribution < 1.29 is 23.4 Å². The average molecular weight is 319 g/mol. The molecular formula is C12H17NO5S2. The Balaban J connectivity index is 2.29. The van der Waals surface area contributed by atoms with E-state index in [1.807, 2.05) is 0 Å². The molecule has 1 aliphatic rings. The number of carboxylic acid groups (broad SMARTS) is 1. The van der Waals surface area contributed by atoms with Gasteiger partial charge in [0.1, 0.15) is 4.88 Å². The van der Waals surface area contributed by atoms with E-state index in [1.54, 1.807) is 13.8 Å². The predicted octanol–water partition coefficient (Wildman–Crippen LogP) is 1.29. The maximum atomic E-state index is 12.5. The molecular weight excluding hydrogens is 302 g/mol. The van der Waals surface area contributed by atoms with Gasteiger partial charge in [0.05, 0.1) is 10.5 Å². The molecule has 0 bridgehead atoms. The molecule has 1 aromatic rings. The van der Waals surface area contributed by atoms with Crippen molar-refractivity contribution in [3.8, 4) is 0 Å². The van der Waals surface area contributed by atoms with Gasteiger partial charge in [-0.1, -0.05) is 0 Å². The number of rotatable bonds is 3. The summed E-state index contributed by atoms with van der Waals surface area (Å²) in [6, 6.07) is 1.21. The van der Waals surface area contributed by atoms with E-state index in [9.17, 15) is 18.3 Å². The zero-order chi connectivity index (χ0) is 15.1. The fraction of sp³-hybridized carbons (Fsp3) is 0.583. The van der Waals surface area contributed by atoms with Crippen LogP contribution in [0.15, 0.2) is 11.0 Å². The van der Waals surface area contributed by atoms with E-state index in [4.69, 9.17) is 5.11 Å². The molecule has 0 aliphatic carbocycles. The highest BCUT2D eigenvalue weighted by Gasteiger charge is 2.35. The summed E-state index contributed by atoms with van der Waals surface area (Å²) >= 11 is 0.958. The van der Waals surface area contributed by atoms with Gasteiger partial charge in [-0.3, -0.25) is 0 Å². The minimum Gasteiger partial charge on any atom is -0.477 e. The maximum absolute atomic E-state index is 12.5. The normalized spacial score (nSPS) is 19.9. The molecule has 0 amide bonds. The molecule has 112 valence electrons. The van der Waals surface area contributed by atoms with E-state index in [1.165, 1.54) is 10.4 Å². The molecule has 20 heavy (non-hydrogen) atoms. The highest BCUT2D eigenvalue weighted by molar-refractivity contribution is 7.89. The van der Waals surface area contributed by atoms with Gasteiger partial charge < -0.3 is 10.2 Å². The number of carbonyl (C=O) groups is 1. The van der Waals surface area contributed by atoms with Crippen LogP contribution in [-0.2, 0) is 10.0 Å². The van der Waals surface area contributed by atoms with Gasteiger partial charge in [0.15, 0.2) is 0 Å². The van der Waals surface area contributed by atoms with Crippen molar-refractivity contribution >= 4 is 27.3 Å². The summed E-state index contributed by atoms with van der Waals surface area (Å²) in [5, 5.41) is 18.8. The number of piperidine rings is 1. The minimum absolute atomic E-state index is 0.0186. The number of aromatic carboxylic acids is 1. The third-order valence-electron chi connectivity index (χ3n) is 3.50. The molecule has 2 N–H and O–H groups in total. The highest BCUT2D eigenvalue weighted by Crippen LogP contribution is 2.31. The van der Waals surface area contributed by atoms with Crippen LogP contribution >= 0.6 is 11.3 Å². The molecule has 0 aromatic carbocycles. The van der Waals surface area contributed by atoms with Crippen molar-refractivity contribution in [1.29, 1.82) is 0 Å². The van der Waals surface area contributed by atoms with Gasteiger partial charge in [0.25, 0.3) is 0 Å². The van der Waals surface area contributed by atoms with Gasteiger partial charge >= 0.3 is 5.97 Å². The van der Waals surface area contributed by atoms with Crippen LogP contribution in [0, 0.1) is 6.92 Å². The Morgan fingerprint density at radius 1 is 1.40 bits per heavy atom. The molecule has 1 fully saturated rings. The van der Waals surface area contributed by atoms with Crippen LogP contribution in [0.1, 0.15) is 34.3 Å². The van der Waals surface area contributed by atoms with Crippen LogP contribution in [-0.4, -0.2) is 47.6 Å². The number of sulfonamides is 1. The Labute approximate surface area is 121 Å². The first kappa shape index (κ1) is 15.4. The summed E-state index contributed by atoms with van der Waals surface area (Å²) in [6.07, 6.45) is 0.752. The van der Waals surface area contributed by atoms with E-state index in [0.717, 1.165) is 11.3 Å². The molecule has 8 heteroatoms. The molecule has 0 unspecified atom stereocenters. The third-order valence-corrected chi connectivity index (χ3v) is 6.69. The van der Waals surface area contributed by atoms with Crippen molar-refractivity contribution in [2.75, 3.05) is 13.1 Å². The van der Waals surface area contributed by atoms with Gasteiger partial charge in [-0.25, -0.2) is 13.2 Å². The number of carboxylic acids is 1. The average Bonchev–Trinajstić information content (AvgIpc) is 2.71. The number of hydrogen-bond donors (Lipinski definition) is 2. The monoisotopic (exact) mass is 319 g/mol. The molecule has 0 atom stereocenters. The van der Waals surface area contributed by atoms with Crippen LogP contribution < -0.4 is 0 Å². The molecule has 0 saturated carbocycles. The highest BCUT2D eigenvalue weighted by atomic mass is 32.2. The molecule has 0 spiro atoms. The summed E-state index contributed by atoms with van der Waals surface area (Å²) in [6.45, 7) is 3.78. The smallest absolute Gasteiger partial charge is 0.345 e. The lowest BCUT2D eigenvalue weighted by Crippen LogP contribution is -2.45. The van der Waals surface area contributed by atoms with Crippen molar-refractivity contribution in [1.82, 2.24) is 4.31 Å². The fourth-order valence-corrected chi connectivity index (χ4v) is 5.01. The standard InChI is InChI=1S/C12H17NO5S2/c1-8-10(7-9(19-8)11(14)15)20(17,18)13-5-3-12(2,16)4-6-13/h7,16H,3-6H2,1-2H3,(H,14,15). The first-order valence-electron chi connectivity index (χ1n) is 6.20. The molecule has 1 aliphatic heterocycles. The lowest BCUT2D eigenvalue weighted by atomic mass is 9.95. The van der Waals surface area contributed by atoms with Gasteiger partial charge in [-0.05, 0) is 32.8 Å². The van der Waals surface area contributed by atoms with Gasteiger partial charge in [-0.2, -0.15) is 4.31 Å². The van der Waals surface area contributed by atoms with E-state index in [2.05, 4.69) is 0 Å². The minimum atomic E-state index is -3.69. The summed E-state index contributed by atoms with van der Waals surface area (Å²) in [5.74, 6) is -1.12. The van der Waals surface area contributed by atoms with Crippen molar-refractivity contribution in [2.24, 2.45) is 0 Å². The Bertz CT molecular complexity index is 622. The molecule has 1 saturated heterocycles. The predicted molar refractivity (Wildman–Crippen MR) is 74.6 cm³/mol.